The van der Waals surface area contributed by atoms with Crippen LogP contribution in [-0.4, -0.2) is 31.2 Å². The van der Waals surface area contributed by atoms with Crippen LogP contribution in [0.2, 0.25) is 0 Å². The van der Waals surface area contributed by atoms with Gasteiger partial charge in [0.05, 0.1) is 12.1 Å². The highest BCUT2D eigenvalue weighted by Crippen LogP contribution is 2.28. The second-order valence-corrected chi connectivity index (χ2v) is 6.52. The monoisotopic (exact) mass is 302 g/mol. The highest BCUT2D eigenvalue weighted by molar-refractivity contribution is 5.79. The Balaban J connectivity index is 1.70. The molecular weight excluding hydrogens is 276 g/mol. The van der Waals surface area contributed by atoms with E-state index >= 15 is 0 Å². The van der Waals surface area contributed by atoms with Gasteiger partial charge < -0.3 is 15.4 Å². The van der Waals surface area contributed by atoms with Gasteiger partial charge in [0.15, 0.2) is 0 Å². The second kappa shape index (κ2) is 7.25. The topological polar surface area (TPSA) is 50.4 Å². The van der Waals surface area contributed by atoms with E-state index in [2.05, 4.69) is 29.7 Å². The first-order valence-electron chi connectivity index (χ1n) is 8.44. The number of piperidine rings is 1. The van der Waals surface area contributed by atoms with E-state index in [1.165, 1.54) is 0 Å². The Bertz CT molecular complexity index is 485. The van der Waals surface area contributed by atoms with E-state index in [1.54, 1.807) is 0 Å². The van der Waals surface area contributed by atoms with Crippen molar-refractivity contribution in [3.05, 3.63) is 35.9 Å². The number of amides is 1. The molecule has 1 aromatic carbocycles. The fraction of sp³-hybridized carbons (Fsp3) is 0.611. The first-order valence-corrected chi connectivity index (χ1v) is 8.44. The molecule has 0 bridgehead atoms. The van der Waals surface area contributed by atoms with Gasteiger partial charge in [-0.1, -0.05) is 30.3 Å². The van der Waals surface area contributed by atoms with Gasteiger partial charge in [-0.25, -0.2) is 0 Å². The van der Waals surface area contributed by atoms with Gasteiger partial charge in [0.25, 0.3) is 0 Å². The number of carbonyl (C=O) groups excluding carboxylic acids is 1. The third-order valence-corrected chi connectivity index (χ3v) is 4.79. The maximum atomic E-state index is 12.7. The Hall–Kier alpha value is -1.39. The Labute approximate surface area is 132 Å². The summed E-state index contributed by atoms with van der Waals surface area (Å²) in [5.74, 6) is 0.293. The molecule has 2 aliphatic rings. The minimum Gasteiger partial charge on any atom is -0.376 e. The highest BCUT2D eigenvalue weighted by atomic mass is 16.5. The van der Waals surface area contributed by atoms with Crippen LogP contribution in [0.15, 0.2) is 30.3 Å². The standard InChI is InChI=1S/C18H26N2O2/c1-13-12-15(9-10-19-13)18(21)20-17(16-8-5-11-22-16)14-6-3-2-4-7-14/h2-4,6-7,13,15-17,19H,5,8-12H2,1H3,(H,20,21)/t13-,15-,16?,17?/m0/s1. The predicted octanol–water partition coefficient (Wildman–Crippen LogP) is 2.41. The zero-order chi connectivity index (χ0) is 15.4. The lowest BCUT2D eigenvalue weighted by Crippen LogP contribution is -2.45. The third kappa shape index (κ3) is 3.68. The highest BCUT2D eigenvalue weighted by Gasteiger charge is 2.32. The summed E-state index contributed by atoms with van der Waals surface area (Å²) in [6.07, 6.45) is 4.03. The molecule has 1 amide bonds. The number of ether oxygens (including phenoxy) is 1. The first kappa shape index (κ1) is 15.5. The number of carbonyl (C=O) groups is 1. The molecule has 0 aromatic heterocycles. The number of nitrogens with one attached hydrogen (secondary N) is 2. The quantitative estimate of drug-likeness (QED) is 0.898. The molecule has 2 aliphatic heterocycles. The van der Waals surface area contributed by atoms with Crippen molar-refractivity contribution in [2.45, 2.75) is 50.8 Å². The van der Waals surface area contributed by atoms with E-state index in [0.717, 1.165) is 44.4 Å². The van der Waals surface area contributed by atoms with Crippen LogP contribution in [0.1, 0.15) is 44.2 Å². The van der Waals surface area contributed by atoms with Crippen molar-refractivity contribution >= 4 is 5.91 Å². The summed E-state index contributed by atoms with van der Waals surface area (Å²) in [4.78, 5) is 12.7. The van der Waals surface area contributed by atoms with Gasteiger partial charge in [-0.3, -0.25) is 4.79 Å². The van der Waals surface area contributed by atoms with Crippen LogP contribution in [0, 0.1) is 5.92 Å². The molecule has 2 heterocycles. The Morgan fingerprint density at radius 2 is 2.14 bits per heavy atom. The zero-order valence-corrected chi connectivity index (χ0v) is 13.3. The molecule has 3 rings (SSSR count). The normalized spacial score (nSPS) is 30.0. The SMILES string of the molecule is C[C@H]1C[C@@H](C(=O)NC(c2ccccc2)C2CCCO2)CCN1. The van der Waals surface area contributed by atoms with Gasteiger partial charge in [0, 0.05) is 18.6 Å². The fourth-order valence-electron chi connectivity index (χ4n) is 3.56. The molecule has 4 atom stereocenters. The Morgan fingerprint density at radius 3 is 2.82 bits per heavy atom. The molecule has 22 heavy (non-hydrogen) atoms. The van der Waals surface area contributed by atoms with E-state index in [9.17, 15) is 4.79 Å². The summed E-state index contributed by atoms with van der Waals surface area (Å²) < 4.78 is 5.85. The van der Waals surface area contributed by atoms with Crippen molar-refractivity contribution in [1.82, 2.24) is 10.6 Å². The third-order valence-electron chi connectivity index (χ3n) is 4.79. The summed E-state index contributed by atoms with van der Waals surface area (Å²) >= 11 is 0. The second-order valence-electron chi connectivity index (χ2n) is 6.52. The van der Waals surface area contributed by atoms with Gasteiger partial charge in [0.2, 0.25) is 5.91 Å². The molecule has 120 valence electrons. The number of benzene rings is 1. The zero-order valence-electron chi connectivity index (χ0n) is 13.3. The van der Waals surface area contributed by atoms with Gasteiger partial charge in [-0.2, -0.15) is 0 Å². The van der Waals surface area contributed by atoms with Gasteiger partial charge in [0.1, 0.15) is 0 Å². The van der Waals surface area contributed by atoms with Crippen molar-refractivity contribution in [2.75, 3.05) is 13.2 Å². The number of hydrogen-bond donors (Lipinski definition) is 2. The van der Waals surface area contributed by atoms with Crippen molar-refractivity contribution in [3.8, 4) is 0 Å². The van der Waals surface area contributed by atoms with E-state index in [-0.39, 0.29) is 24.0 Å². The molecular formula is C18H26N2O2. The molecule has 2 saturated heterocycles. The smallest absolute Gasteiger partial charge is 0.223 e. The molecule has 2 fully saturated rings. The minimum absolute atomic E-state index is 0.0265. The average Bonchev–Trinajstić information content (AvgIpc) is 3.07. The molecule has 0 saturated carbocycles. The lowest BCUT2D eigenvalue weighted by Gasteiger charge is -2.30. The van der Waals surface area contributed by atoms with E-state index in [0.29, 0.717) is 6.04 Å². The maximum Gasteiger partial charge on any atom is 0.223 e. The maximum absolute atomic E-state index is 12.7. The van der Waals surface area contributed by atoms with Crippen LogP contribution in [0.4, 0.5) is 0 Å². The molecule has 4 heteroatoms. The van der Waals surface area contributed by atoms with Crippen molar-refractivity contribution < 1.29 is 9.53 Å². The van der Waals surface area contributed by atoms with Gasteiger partial charge >= 0.3 is 0 Å². The summed E-state index contributed by atoms with van der Waals surface area (Å²) in [6, 6.07) is 10.6. The molecule has 2 unspecified atom stereocenters. The predicted molar refractivity (Wildman–Crippen MR) is 86.5 cm³/mol. The average molecular weight is 302 g/mol. The minimum atomic E-state index is -0.0265. The van der Waals surface area contributed by atoms with Crippen LogP contribution in [0.5, 0.6) is 0 Å². The van der Waals surface area contributed by atoms with Crippen LogP contribution >= 0.6 is 0 Å². The largest absolute Gasteiger partial charge is 0.376 e. The lowest BCUT2D eigenvalue weighted by atomic mass is 9.91. The van der Waals surface area contributed by atoms with Crippen LogP contribution < -0.4 is 10.6 Å². The summed E-state index contributed by atoms with van der Waals surface area (Å²) in [5, 5.41) is 6.68. The molecule has 2 N–H and O–H groups in total. The van der Waals surface area contributed by atoms with Crippen molar-refractivity contribution in [2.24, 2.45) is 5.92 Å². The van der Waals surface area contributed by atoms with Crippen molar-refractivity contribution in [1.29, 1.82) is 0 Å². The molecule has 0 radical (unpaired) electrons. The van der Waals surface area contributed by atoms with E-state index in [4.69, 9.17) is 4.74 Å². The summed E-state index contributed by atoms with van der Waals surface area (Å²) in [7, 11) is 0. The molecule has 4 nitrogen and oxygen atoms in total. The first-order chi connectivity index (χ1) is 10.7. The molecule has 1 aromatic rings. The Kier molecular flexibility index (Phi) is 5.11. The van der Waals surface area contributed by atoms with E-state index in [1.807, 2.05) is 18.2 Å². The van der Waals surface area contributed by atoms with Gasteiger partial charge in [-0.15, -0.1) is 0 Å². The van der Waals surface area contributed by atoms with Gasteiger partial charge in [-0.05, 0) is 44.7 Å². The molecule has 0 aliphatic carbocycles. The number of hydrogen-bond acceptors (Lipinski definition) is 3. The molecule has 0 spiro atoms. The van der Waals surface area contributed by atoms with Crippen LogP contribution in [0.25, 0.3) is 0 Å². The summed E-state index contributed by atoms with van der Waals surface area (Å²) in [5.41, 5.74) is 1.14. The van der Waals surface area contributed by atoms with Crippen LogP contribution in [0.3, 0.4) is 0 Å². The van der Waals surface area contributed by atoms with Crippen LogP contribution in [-0.2, 0) is 9.53 Å². The lowest BCUT2D eigenvalue weighted by molar-refractivity contribution is -0.127. The summed E-state index contributed by atoms with van der Waals surface area (Å²) in [6.45, 7) is 3.87. The van der Waals surface area contributed by atoms with Crippen molar-refractivity contribution in [3.63, 3.8) is 0 Å². The Morgan fingerprint density at radius 1 is 1.32 bits per heavy atom. The number of rotatable bonds is 4. The fourth-order valence-corrected chi connectivity index (χ4v) is 3.56. The van der Waals surface area contributed by atoms with E-state index < -0.39 is 0 Å².